The molecule has 1 aromatic heterocycles. The highest BCUT2D eigenvalue weighted by atomic mass is 79.9. The van der Waals surface area contributed by atoms with E-state index >= 15 is 0 Å². The van der Waals surface area contributed by atoms with E-state index in [2.05, 4.69) is 39.7 Å². The van der Waals surface area contributed by atoms with Crippen LogP contribution < -0.4 is 10.5 Å². The number of nitrogen functional groups attached to an aromatic ring is 1. The predicted molar refractivity (Wildman–Crippen MR) is 87.1 cm³/mol. The molecule has 0 aliphatic carbocycles. The number of benzene rings is 1. The fraction of sp³-hybridized carbons (Fsp3) is 0.400. The van der Waals surface area contributed by atoms with Crippen LogP contribution in [0.15, 0.2) is 28.9 Å². The fourth-order valence-corrected chi connectivity index (χ4v) is 2.06. The average molecular weight is 338 g/mol. The van der Waals surface area contributed by atoms with Crippen molar-refractivity contribution in [3.8, 4) is 5.75 Å². The second-order valence-electron chi connectivity index (χ2n) is 5.70. The van der Waals surface area contributed by atoms with Crippen LogP contribution in [-0.2, 0) is 0 Å². The molecule has 0 atom stereocenters. The Balaban J connectivity index is 2.38. The van der Waals surface area contributed by atoms with Crippen molar-refractivity contribution in [3.63, 3.8) is 0 Å². The summed E-state index contributed by atoms with van der Waals surface area (Å²) in [5.41, 5.74) is 7.39. The molecule has 0 saturated carbocycles. The van der Waals surface area contributed by atoms with Gasteiger partial charge in [0.2, 0.25) is 0 Å². The number of rotatable bonds is 4. The minimum atomic E-state index is -0.0754. The van der Waals surface area contributed by atoms with Gasteiger partial charge >= 0.3 is 0 Å². The van der Waals surface area contributed by atoms with Crippen LogP contribution in [0.1, 0.15) is 13.8 Å². The van der Waals surface area contributed by atoms with Gasteiger partial charge in [-0.05, 0) is 46.1 Å². The number of halogens is 1. The number of fused-ring (bicyclic) bond motifs is 1. The molecule has 0 saturated heterocycles. The summed E-state index contributed by atoms with van der Waals surface area (Å²) < 4.78 is 6.98. The molecule has 1 aromatic carbocycles. The number of likely N-dealkylation sites (N-methyl/N-ethyl adjacent to an activating group) is 1. The van der Waals surface area contributed by atoms with Gasteiger partial charge in [0.1, 0.15) is 6.61 Å². The Kier molecular flexibility index (Phi) is 4.20. The van der Waals surface area contributed by atoms with Crippen LogP contribution in [0, 0.1) is 0 Å². The molecule has 0 aliphatic heterocycles. The van der Waals surface area contributed by atoms with Gasteiger partial charge in [-0.25, -0.2) is 0 Å². The largest absolute Gasteiger partial charge is 0.489 e. The van der Waals surface area contributed by atoms with Crippen molar-refractivity contribution < 1.29 is 4.74 Å². The lowest BCUT2D eigenvalue weighted by atomic mass is 10.1. The first-order valence-corrected chi connectivity index (χ1v) is 7.24. The summed E-state index contributed by atoms with van der Waals surface area (Å²) >= 11 is 3.47. The molecule has 0 amide bonds. The van der Waals surface area contributed by atoms with Crippen molar-refractivity contribution >= 4 is 32.5 Å². The summed E-state index contributed by atoms with van der Waals surface area (Å²) in [5, 5.41) is 0.925. The Hall–Kier alpha value is -1.33. The summed E-state index contributed by atoms with van der Waals surface area (Å²) in [4.78, 5) is 6.45. The number of nitrogens with zero attached hydrogens (tertiary/aromatic N) is 2. The predicted octanol–water partition coefficient (Wildman–Crippen LogP) is 3.30. The van der Waals surface area contributed by atoms with Crippen LogP contribution in [0.3, 0.4) is 0 Å². The number of aromatic nitrogens is 1. The Morgan fingerprint density at radius 2 is 2.05 bits per heavy atom. The smallest absolute Gasteiger partial charge is 0.153 e. The van der Waals surface area contributed by atoms with E-state index < -0.39 is 0 Å². The van der Waals surface area contributed by atoms with E-state index in [1.165, 1.54) is 0 Å². The molecule has 0 spiro atoms. The summed E-state index contributed by atoms with van der Waals surface area (Å²) in [5.74, 6) is 0.700. The zero-order valence-corrected chi connectivity index (χ0v) is 13.9. The molecule has 20 heavy (non-hydrogen) atoms. The third kappa shape index (κ3) is 3.04. The lowest BCUT2D eigenvalue weighted by Gasteiger charge is -2.32. The first-order valence-electron chi connectivity index (χ1n) is 6.45. The van der Waals surface area contributed by atoms with Gasteiger partial charge in [0.05, 0.1) is 17.4 Å². The van der Waals surface area contributed by atoms with Crippen molar-refractivity contribution in [2.24, 2.45) is 0 Å². The molecule has 0 aliphatic rings. The molecule has 2 aromatic rings. The lowest BCUT2D eigenvalue weighted by Crippen LogP contribution is -2.43. The number of hydrogen-bond acceptors (Lipinski definition) is 4. The van der Waals surface area contributed by atoms with Crippen LogP contribution in [0.2, 0.25) is 0 Å². The molecule has 2 rings (SSSR count). The number of anilines is 1. The van der Waals surface area contributed by atoms with Gasteiger partial charge in [0.25, 0.3) is 0 Å². The van der Waals surface area contributed by atoms with E-state index in [9.17, 15) is 0 Å². The van der Waals surface area contributed by atoms with Crippen molar-refractivity contribution in [2.45, 2.75) is 19.4 Å². The topological polar surface area (TPSA) is 51.4 Å². The first kappa shape index (κ1) is 15.1. The molecular formula is C15H20BrN3O. The van der Waals surface area contributed by atoms with Crippen LogP contribution in [0.4, 0.5) is 5.69 Å². The average Bonchev–Trinajstić information content (AvgIpc) is 2.37. The number of nitrogens with two attached hydrogens (primary N) is 1. The zero-order chi connectivity index (χ0) is 14.9. The minimum absolute atomic E-state index is 0.0754. The quantitative estimate of drug-likeness (QED) is 0.929. The molecule has 2 N–H and O–H groups in total. The molecule has 4 nitrogen and oxygen atoms in total. The molecule has 0 bridgehead atoms. The van der Waals surface area contributed by atoms with Crippen LogP contribution >= 0.6 is 15.9 Å². The number of hydrogen-bond donors (Lipinski definition) is 1. The number of ether oxygens (including phenoxy) is 1. The van der Waals surface area contributed by atoms with Crippen LogP contribution in [0.25, 0.3) is 10.9 Å². The molecule has 1 heterocycles. The monoisotopic (exact) mass is 337 g/mol. The highest BCUT2D eigenvalue weighted by molar-refractivity contribution is 9.10. The third-order valence-corrected chi connectivity index (χ3v) is 4.08. The summed E-state index contributed by atoms with van der Waals surface area (Å²) in [6, 6.07) is 5.89. The maximum absolute atomic E-state index is 6.03. The number of pyridine rings is 1. The van der Waals surface area contributed by atoms with E-state index in [1.807, 2.05) is 32.3 Å². The second kappa shape index (κ2) is 5.58. The molecule has 0 radical (unpaired) electrons. The molecule has 108 valence electrons. The minimum Gasteiger partial charge on any atom is -0.489 e. The molecule has 0 unspecified atom stereocenters. The highest BCUT2D eigenvalue weighted by Crippen LogP contribution is 2.33. The van der Waals surface area contributed by atoms with Crippen molar-refractivity contribution in [1.82, 2.24) is 9.88 Å². The Labute approximate surface area is 128 Å². The molecule has 0 fully saturated rings. The second-order valence-corrected chi connectivity index (χ2v) is 6.62. The van der Waals surface area contributed by atoms with Crippen molar-refractivity contribution in [1.29, 1.82) is 0 Å². The van der Waals surface area contributed by atoms with Gasteiger partial charge in [0, 0.05) is 15.4 Å². The van der Waals surface area contributed by atoms with Gasteiger partial charge < -0.3 is 15.4 Å². The Morgan fingerprint density at radius 3 is 2.70 bits per heavy atom. The van der Waals surface area contributed by atoms with E-state index in [4.69, 9.17) is 10.5 Å². The first-order chi connectivity index (χ1) is 9.31. The summed E-state index contributed by atoms with van der Waals surface area (Å²) in [6.45, 7) is 4.81. The van der Waals surface area contributed by atoms with Gasteiger partial charge in [-0.1, -0.05) is 15.9 Å². The van der Waals surface area contributed by atoms with E-state index in [1.54, 1.807) is 6.20 Å². The van der Waals surface area contributed by atoms with Gasteiger partial charge in [0.15, 0.2) is 5.75 Å². The van der Waals surface area contributed by atoms with Gasteiger partial charge in [-0.15, -0.1) is 0 Å². The third-order valence-electron chi connectivity index (χ3n) is 3.59. The Bertz CT molecular complexity index is 621. The van der Waals surface area contributed by atoms with Gasteiger partial charge in [-0.2, -0.15) is 0 Å². The van der Waals surface area contributed by atoms with E-state index in [0.29, 0.717) is 18.0 Å². The highest BCUT2D eigenvalue weighted by Gasteiger charge is 2.22. The standard InChI is InChI=1S/C15H20BrN3O/c1-15(2,19(3)4)9-20-14-11-7-10(16)5-6-13(11)18-8-12(14)17/h5-8H,9,17H2,1-4H3. The van der Waals surface area contributed by atoms with Crippen molar-refractivity contribution in [3.05, 3.63) is 28.9 Å². The molecular weight excluding hydrogens is 318 g/mol. The summed E-state index contributed by atoms with van der Waals surface area (Å²) in [6.07, 6.45) is 1.65. The summed E-state index contributed by atoms with van der Waals surface area (Å²) in [7, 11) is 4.07. The van der Waals surface area contributed by atoms with E-state index in [-0.39, 0.29) is 5.54 Å². The van der Waals surface area contributed by atoms with Gasteiger partial charge in [-0.3, -0.25) is 4.98 Å². The zero-order valence-electron chi connectivity index (χ0n) is 12.3. The SMILES string of the molecule is CN(C)C(C)(C)COc1c(N)cnc2ccc(Br)cc12. The normalized spacial score (nSPS) is 12.1. The Morgan fingerprint density at radius 1 is 1.35 bits per heavy atom. The maximum Gasteiger partial charge on any atom is 0.153 e. The van der Waals surface area contributed by atoms with Crippen LogP contribution in [0.5, 0.6) is 5.75 Å². The fourth-order valence-electron chi connectivity index (χ4n) is 1.69. The van der Waals surface area contributed by atoms with Crippen molar-refractivity contribution in [2.75, 3.05) is 26.4 Å². The maximum atomic E-state index is 6.03. The van der Waals surface area contributed by atoms with Crippen LogP contribution in [-0.4, -0.2) is 36.1 Å². The lowest BCUT2D eigenvalue weighted by molar-refractivity contribution is 0.115. The van der Waals surface area contributed by atoms with E-state index in [0.717, 1.165) is 15.4 Å². The molecule has 5 heteroatoms.